The quantitative estimate of drug-likeness (QED) is 0.430. The van der Waals surface area contributed by atoms with Gasteiger partial charge in [-0.15, -0.1) is 0 Å². The summed E-state index contributed by atoms with van der Waals surface area (Å²) in [5.74, 6) is 0. The molecule has 2 rings (SSSR count). The van der Waals surface area contributed by atoms with Crippen molar-refractivity contribution in [2.24, 2.45) is 0 Å². The monoisotopic (exact) mass is 507 g/mol. The van der Waals surface area contributed by atoms with Gasteiger partial charge in [-0.3, -0.25) is 0 Å². The van der Waals surface area contributed by atoms with Crippen molar-refractivity contribution in [2.45, 2.75) is 110 Å². The molecule has 1 aliphatic rings. The molecule has 0 radical (unpaired) electrons. The molecular weight excluding hydrogens is 466 g/mol. The van der Waals surface area contributed by atoms with E-state index in [-0.39, 0.29) is 29.3 Å². The van der Waals surface area contributed by atoms with Gasteiger partial charge in [0, 0.05) is 18.3 Å². The normalized spacial score (nSPS) is 20.5. The van der Waals surface area contributed by atoms with Crippen molar-refractivity contribution in [1.29, 1.82) is 5.26 Å². The minimum Gasteiger partial charge on any atom is -0.444 e. The highest BCUT2D eigenvalue weighted by atomic mass is 35.5. The van der Waals surface area contributed by atoms with Crippen molar-refractivity contribution in [3.05, 3.63) is 28.3 Å². The number of benzene rings is 1. The molecule has 6 nitrogen and oxygen atoms in total. The number of carbonyl (C=O) groups excluding carboxylic acids is 1. The molecule has 1 N–H and O–H groups in total. The number of hydrogen-bond donors (Lipinski definition) is 1. The van der Waals surface area contributed by atoms with Crippen LogP contribution in [0.25, 0.3) is 0 Å². The Bertz CT molecular complexity index is 931. The van der Waals surface area contributed by atoms with Gasteiger partial charge in [0.05, 0.1) is 22.7 Å². The first-order valence-electron chi connectivity index (χ1n) is 12.1. The zero-order chi connectivity index (χ0) is 26.1. The van der Waals surface area contributed by atoms with Crippen molar-refractivity contribution in [2.75, 3.05) is 11.9 Å². The van der Waals surface area contributed by atoms with Crippen LogP contribution in [0, 0.1) is 18.3 Å². The minimum atomic E-state index is -2.08. The Hall–Kier alpha value is -1.75. The van der Waals surface area contributed by atoms with E-state index < -0.39 is 13.9 Å². The number of nitrogens with zero attached hydrogens (tertiary/aromatic N) is 2. The van der Waals surface area contributed by atoms with Gasteiger partial charge in [-0.2, -0.15) is 5.26 Å². The van der Waals surface area contributed by atoms with Crippen LogP contribution in [0.3, 0.4) is 0 Å². The standard InChI is InChI=1S/C26H42ClN3O3Si/c1-17-20(14-13-19(16-28)22(17)27)29-18(2)23-21(33-34(9,10)26(6,7)8)12-11-15-30(23)24(31)32-25(3,4)5/h13-14,18,21,23,29H,11-12,15H2,1-10H3/t18-,21+,23+/m0/s1. The van der Waals surface area contributed by atoms with Crippen LogP contribution in [-0.4, -0.2) is 49.6 Å². The van der Waals surface area contributed by atoms with Crippen molar-refractivity contribution >= 4 is 31.7 Å². The minimum absolute atomic E-state index is 0.0552. The molecule has 0 spiro atoms. The molecule has 0 unspecified atom stereocenters. The summed E-state index contributed by atoms with van der Waals surface area (Å²) in [6.07, 6.45) is 1.32. The molecule has 0 bridgehead atoms. The van der Waals surface area contributed by atoms with E-state index in [0.717, 1.165) is 24.1 Å². The molecule has 0 saturated carbocycles. The molecule has 0 aromatic heterocycles. The third-order valence-electron chi connectivity index (χ3n) is 6.91. The molecule has 1 aromatic carbocycles. The fourth-order valence-corrected chi connectivity index (χ4v) is 5.63. The summed E-state index contributed by atoms with van der Waals surface area (Å²) in [7, 11) is -2.08. The number of halogens is 1. The van der Waals surface area contributed by atoms with Gasteiger partial charge in [0.25, 0.3) is 0 Å². The average molecular weight is 508 g/mol. The molecule has 1 aromatic rings. The van der Waals surface area contributed by atoms with Crippen LogP contribution in [0.5, 0.6) is 0 Å². The van der Waals surface area contributed by atoms with Crippen molar-refractivity contribution in [3.8, 4) is 6.07 Å². The maximum Gasteiger partial charge on any atom is 0.410 e. The number of ether oxygens (including phenoxy) is 1. The third kappa shape index (κ3) is 6.68. The van der Waals surface area contributed by atoms with Crippen LogP contribution in [-0.2, 0) is 9.16 Å². The zero-order valence-electron chi connectivity index (χ0n) is 22.5. The van der Waals surface area contributed by atoms with Gasteiger partial charge in [-0.1, -0.05) is 32.4 Å². The van der Waals surface area contributed by atoms with E-state index in [1.807, 2.05) is 38.7 Å². The van der Waals surface area contributed by atoms with Crippen LogP contribution < -0.4 is 5.32 Å². The predicted octanol–water partition coefficient (Wildman–Crippen LogP) is 7.11. The fraction of sp³-hybridized carbons (Fsp3) is 0.692. The largest absolute Gasteiger partial charge is 0.444 e. The van der Waals surface area contributed by atoms with Gasteiger partial charge in [-0.05, 0) is 83.3 Å². The Morgan fingerprint density at radius 1 is 1.26 bits per heavy atom. The Morgan fingerprint density at radius 2 is 1.88 bits per heavy atom. The van der Waals surface area contributed by atoms with E-state index >= 15 is 0 Å². The van der Waals surface area contributed by atoms with Gasteiger partial charge in [0.1, 0.15) is 11.7 Å². The molecule has 1 amide bonds. The van der Waals surface area contributed by atoms with E-state index in [4.69, 9.17) is 20.8 Å². The first-order chi connectivity index (χ1) is 15.5. The number of nitriles is 1. The first-order valence-corrected chi connectivity index (χ1v) is 15.4. The zero-order valence-corrected chi connectivity index (χ0v) is 24.3. The number of rotatable bonds is 5. The number of amides is 1. The molecule has 34 heavy (non-hydrogen) atoms. The van der Waals surface area contributed by atoms with Crippen LogP contribution in [0.4, 0.5) is 10.5 Å². The van der Waals surface area contributed by atoms with E-state index in [9.17, 15) is 10.1 Å². The van der Waals surface area contributed by atoms with Crippen LogP contribution in [0.1, 0.15) is 72.4 Å². The van der Waals surface area contributed by atoms with Gasteiger partial charge in [0.15, 0.2) is 8.32 Å². The van der Waals surface area contributed by atoms with Crippen molar-refractivity contribution in [3.63, 3.8) is 0 Å². The van der Waals surface area contributed by atoms with Crippen LogP contribution >= 0.6 is 11.6 Å². The summed E-state index contributed by atoms with van der Waals surface area (Å²) in [6.45, 7) is 21.4. The Morgan fingerprint density at radius 3 is 2.41 bits per heavy atom. The molecule has 1 heterocycles. The van der Waals surface area contributed by atoms with Crippen LogP contribution in [0.2, 0.25) is 23.2 Å². The SMILES string of the molecule is Cc1c(N[C@@H](C)[C@@H]2[C@H](O[Si](C)(C)C(C)(C)C)CCCN2C(=O)OC(C)(C)C)ccc(C#N)c1Cl. The second kappa shape index (κ2) is 10.5. The topological polar surface area (TPSA) is 74.6 Å². The molecule has 1 saturated heterocycles. The molecule has 3 atom stereocenters. The maximum absolute atomic E-state index is 13.3. The van der Waals surface area contributed by atoms with E-state index in [1.54, 1.807) is 6.07 Å². The maximum atomic E-state index is 13.3. The highest BCUT2D eigenvalue weighted by Gasteiger charge is 2.46. The van der Waals surface area contributed by atoms with Gasteiger partial charge in [0.2, 0.25) is 0 Å². The highest BCUT2D eigenvalue weighted by molar-refractivity contribution is 6.74. The summed E-state index contributed by atoms with van der Waals surface area (Å²) in [4.78, 5) is 15.1. The lowest BCUT2D eigenvalue weighted by molar-refractivity contribution is -0.0227. The molecule has 190 valence electrons. The van der Waals surface area contributed by atoms with E-state index in [0.29, 0.717) is 17.1 Å². The Labute approximate surface area is 212 Å². The number of carbonyl (C=O) groups is 1. The average Bonchev–Trinajstić information content (AvgIpc) is 2.69. The second-order valence-electron chi connectivity index (χ2n) is 11.9. The Balaban J connectivity index is 2.43. The summed E-state index contributed by atoms with van der Waals surface area (Å²) in [6, 6.07) is 5.37. The lowest BCUT2D eigenvalue weighted by Crippen LogP contribution is -2.61. The lowest BCUT2D eigenvalue weighted by atomic mass is 9.93. The van der Waals surface area contributed by atoms with E-state index in [1.165, 1.54) is 0 Å². The number of piperidine rings is 1. The van der Waals surface area contributed by atoms with Crippen molar-refractivity contribution < 1.29 is 14.0 Å². The molecule has 8 heteroatoms. The number of hydrogen-bond acceptors (Lipinski definition) is 5. The fourth-order valence-electron chi connectivity index (χ4n) is 4.05. The number of anilines is 1. The summed E-state index contributed by atoms with van der Waals surface area (Å²) < 4.78 is 12.7. The Kier molecular flexibility index (Phi) is 8.77. The summed E-state index contributed by atoms with van der Waals surface area (Å²) in [5, 5.41) is 13.4. The lowest BCUT2D eigenvalue weighted by Gasteiger charge is -2.48. The molecule has 0 aliphatic carbocycles. The second-order valence-corrected chi connectivity index (χ2v) is 17.0. The molecule has 1 fully saturated rings. The van der Waals surface area contributed by atoms with E-state index in [2.05, 4.69) is 52.2 Å². The number of nitrogens with one attached hydrogen (secondary N) is 1. The first kappa shape index (κ1) is 28.5. The van der Waals surface area contributed by atoms with Crippen molar-refractivity contribution in [1.82, 2.24) is 4.90 Å². The van der Waals surface area contributed by atoms with Gasteiger partial charge >= 0.3 is 6.09 Å². The van der Waals surface area contributed by atoms with Gasteiger partial charge < -0.3 is 19.4 Å². The number of likely N-dealkylation sites (tertiary alicyclic amines) is 1. The van der Waals surface area contributed by atoms with Crippen LogP contribution in [0.15, 0.2) is 12.1 Å². The highest BCUT2D eigenvalue weighted by Crippen LogP contribution is 2.40. The molecule has 1 aliphatic heterocycles. The predicted molar refractivity (Wildman–Crippen MR) is 142 cm³/mol. The van der Waals surface area contributed by atoms with Gasteiger partial charge in [-0.25, -0.2) is 4.79 Å². The smallest absolute Gasteiger partial charge is 0.410 e. The summed E-state index contributed by atoms with van der Waals surface area (Å²) >= 11 is 6.42. The third-order valence-corrected chi connectivity index (χ3v) is 11.9. The summed E-state index contributed by atoms with van der Waals surface area (Å²) in [5.41, 5.74) is 1.53. The molecular formula is C26H42ClN3O3Si.